The van der Waals surface area contributed by atoms with Crippen molar-refractivity contribution in [2.24, 2.45) is 0 Å². The van der Waals surface area contributed by atoms with Gasteiger partial charge >= 0.3 is 0 Å². The molecule has 2 rings (SSSR count). The zero-order valence-electron chi connectivity index (χ0n) is 11.0. The predicted octanol–water partition coefficient (Wildman–Crippen LogP) is 1.06. The van der Waals surface area contributed by atoms with E-state index < -0.39 is 21.3 Å². The highest BCUT2D eigenvalue weighted by Gasteiger charge is 2.33. The molecule has 1 aromatic rings. The van der Waals surface area contributed by atoms with Gasteiger partial charge in [0.2, 0.25) is 0 Å². The number of aliphatic hydroxyl groups is 1. The van der Waals surface area contributed by atoms with Crippen LogP contribution >= 0.6 is 11.8 Å². The number of nitrogens with zero attached hydrogens (tertiary/aromatic N) is 2. The Kier molecular flexibility index (Phi) is 4.37. The molecule has 1 saturated heterocycles. The first kappa shape index (κ1) is 14.6. The van der Waals surface area contributed by atoms with E-state index in [1.165, 1.54) is 6.26 Å². The van der Waals surface area contributed by atoms with Gasteiger partial charge in [-0.15, -0.1) is 0 Å². The zero-order valence-corrected chi connectivity index (χ0v) is 12.6. The summed E-state index contributed by atoms with van der Waals surface area (Å²) in [5, 5.41) is 9.23. The lowest BCUT2D eigenvalue weighted by Crippen LogP contribution is -2.47. The minimum absolute atomic E-state index is 0.536. The van der Waals surface area contributed by atoms with E-state index in [0.717, 1.165) is 5.75 Å². The Bertz CT molecular complexity index is 546. The number of hydrogen-bond donors (Lipinski definition) is 1. The SMILES string of the molecule is C[C@@H](O)c1cccnc1N1CCSCC1S(C)(=O)=O. The van der Waals surface area contributed by atoms with Crippen LogP contribution in [0.4, 0.5) is 5.82 Å². The molecule has 1 aliphatic heterocycles. The first-order chi connectivity index (χ1) is 8.91. The fourth-order valence-electron chi connectivity index (χ4n) is 2.15. The van der Waals surface area contributed by atoms with Crippen molar-refractivity contribution in [1.29, 1.82) is 0 Å². The highest BCUT2D eigenvalue weighted by Crippen LogP contribution is 2.30. The van der Waals surface area contributed by atoms with E-state index in [0.29, 0.717) is 23.7 Å². The maximum atomic E-state index is 11.9. The molecule has 106 valence electrons. The van der Waals surface area contributed by atoms with Gasteiger partial charge in [0.05, 0.1) is 6.10 Å². The summed E-state index contributed by atoms with van der Waals surface area (Å²) in [7, 11) is -3.18. The summed E-state index contributed by atoms with van der Waals surface area (Å²) in [6, 6.07) is 3.54. The largest absolute Gasteiger partial charge is 0.389 e. The summed E-state index contributed by atoms with van der Waals surface area (Å²) in [6.45, 7) is 2.29. The Morgan fingerprint density at radius 1 is 1.58 bits per heavy atom. The van der Waals surface area contributed by atoms with Crippen LogP contribution in [0.2, 0.25) is 0 Å². The molecule has 0 amide bonds. The summed E-state index contributed by atoms with van der Waals surface area (Å²) >= 11 is 1.63. The van der Waals surface area contributed by atoms with Crippen molar-refractivity contribution in [3.05, 3.63) is 23.9 Å². The van der Waals surface area contributed by atoms with Gasteiger partial charge in [-0.25, -0.2) is 13.4 Å². The second kappa shape index (κ2) is 5.68. The number of hydrogen-bond acceptors (Lipinski definition) is 6. The fraction of sp³-hybridized carbons (Fsp3) is 0.583. The molecule has 0 aromatic carbocycles. The maximum absolute atomic E-state index is 11.9. The second-order valence-electron chi connectivity index (χ2n) is 4.64. The van der Waals surface area contributed by atoms with Crippen LogP contribution in [-0.4, -0.2) is 48.2 Å². The molecule has 1 aromatic heterocycles. The smallest absolute Gasteiger partial charge is 0.169 e. The van der Waals surface area contributed by atoms with Gasteiger partial charge < -0.3 is 10.0 Å². The normalized spacial score (nSPS) is 22.3. The lowest BCUT2D eigenvalue weighted by atomic mass is 10.1. The molecule has 5 nitrogen and oxygen atoms in total. The lowest BCUT2D eigenvalue weighted by Gasteiger charge is -2.36. The molecule has 0 saturated carbocycles. The van der Waals surface area contributed by atoms with Gasteiger partial charge in [0.25, 0.3) is 0 Å². The molecule has 1 fully saturated rings. The Balaban J connectivity index is 2.44. The number of aromatic nitrogens is 1. The molecule has 0 spiro atoms. The molecule has 2 atom stereocenters. The average Bonchev–Trinajstić information content (AvgIpc) is 2.37. The summed E-state index contributed by atoms with van der Waals surface area (Å²) in [6.07, 6.45) is 2.21. The quantitative estimate of drug-likeness (QED) is 0.900. The van der Waals surface area contributed by atoms with Gasteiger partial charge in [-0.1, -0.05) is 6.07 Å². The average molecular weight is 302 g/mol. The Hall–Kier alpha value is -0.790. The van der Waals surface area contributed by atoms with Crippen molar-refractivity contribution in [2.75, 3.05) is 29.2 Å². The second-order valence-corrected chi connectivity index (χ2v) is 8.00. The number of pyridine rings is 1. The van der Waals surface area contributed by atoms with Crippen LogP contribution in [0.3, 0.4) is 0 Å². The molecule has 1 N–H and O–H groups in total. The topological polar surface area (TPSA) is 70.5 Å². The third-order valence-electron chi connectivity index (χ3n) is 3.12. The van der Waals surface area contributed by atoms with Crippen molar-refractivity contribution in [3.8, 4) is 0 Å². The monoisotopic (exact) mass is 302 g/mol. The minimum atomic E-state index is -3.18. The van der Waals surface area contributed by atoms with Crippen molar-refractivity contribution < 1.29 is 13.5 Å². The maximum Gasteiger partial charge on any atom is 0.169 e. The van der Waals surface area contributed by atoms with Crippen molar-refractivity contribution in [3.63, 3.8) is 0 Å². The number of sulfone groups is 1. The van der Waals surface area contributed by atoms with Gasteiger partial charge in [-0.2, -0.15) is 11.8 Å². The fourth-order valence-corrected chi connectivity index (χ4v) is 4.97. The van der Waals surface area contributed by atoms with E-state index in [4.69, 9.17) is 0 Å². The van der Waals surface area contributed by atoms with Crippen molar-refractivity contribution in [1.82, 2.24) is 4.98 Å². The molecule has 0 aliphatic carbocycles. The minimum Gasteiger partial charge on any atom is -0.389 e. The molecule has 2 heterocycles. The van der Waals surface area contributed by atoms with E-state index in [-0.39, 0.29) is 0 Å². The van der Waals surface area contributed by atoms with Crippen LogP contribution in [0, 0.1) is 0 Å². The summed E-state index contributed by atoms with van der Waals surface area (Å²) in [5.41, 5.74) is 0.669. The molecule has 19 heavy (non-hydrogen) atoms. The molecule has 7 heteroatoms. The van der Waals surface area contributed by atoms with E-state index in [2.05, 4.69) is 4.98 Å². The van der Waals surface area contributed by atoms with Crippen LogP contribution in [-0.2, 0) is 9.84 Å². The van der Waals surface area contributed by atoms with E-state index in [1.807, 2.05) is 0 Å². The van der Waals surface area contributed by atoms with Crippen LogP contribution in [0.1, 0.15) is 18.6 Å². The number of anilines is 1. The first-order valence-electron chi connectivity index (χ1n) is 6.07. The summed E-state index contributed by atoms with van der Waals surface area (Å²) in [4.78, 5) is 6.08. The summed E-state index contributed by atoms with van der Waals surface area (Å²) in [5.74, 6) is 1.98. The Morgan fingerprint density at radius 2 is 2.32 bits per heavy atom. The number of aliphatic hydroxyl groups excluding tert-OH is 1. The van der Waals surface area contributed by atoms with E-state index >= 15 is 0 Å². The number of thioether (sulfide) groups is 1. The van der Waals surface area contributed by atoms with Crippen LogP contribution in [0.25, 0.3) is 0 Å². The van der Waals surface area contributed by atoms with Gasteiger partial charge in [0.15, 0.2) is 9.84 Å². The molecule has 0 radical (unpaired) electrons. The lowest BCUT2D eigenvalue weighted by molar-refractivity contribution is 0.199. The van der Waals surface area contributed by atoms with Gasteiger partial charge in [0, 0.05) is 36.1 Å². The third kappa shape index (κ3) is 3.21. The first-order valence-corrected chi connectivity index (χ1v) is 9.18. The standard InChI is InChI=1S/C12H18N2O3S2/c1-9(15)10-4-3-5-13-12(10)14-6-7-18-8-11(14)19(2,16)17/h3-5,9,11,15H,6-8H2,1-2H3/t9-,11?/m1/s1. The van der Waals surface area contributed by atoms with Gasteiger partial charge in [0.1, 0.15) is 11.2 Å². The van der Waals surface area contributed by atoms with Crippen molar-refractivity contribution in [2.45, 2.75) is 18.4 Å². The highest BCUT2D eigenvalue weighted by atomic mass is 32.2. The molecule has 1 unspecified atom stereocenters. The molecular formula is C12H18N2O3S2. The van der Waals surface area contributed by atoms with E-state index in [9.17, 15) is 13.5 Å². The zero-order chi connectivity index (χ0) is 14.0. The van der Waals surface area contributed by atoms with Gasteiger partial charge in [-0.05, 0) is 13.0 Å². The van der Waals surface area contributed by atoms with Crippen LogP contribution in [0.15, 0.2) is 18.3 Å². The molecular weight excluding hydrogens is 284 g/mol. The van der Waals surface area contributed by atoms with Gasteiger partial charge in [-0.3, -0.25) is 0 Å². The molecule has 0 bridgehead atoms. The Labute approximate surface area is 118 Å². The summed E-state index contributed by atoms with van der Waals surface area (Å²) < 4.78 is 23.8. The number of rotatable bonds is 3. The predicted molar refractivity (Wildman–Crippen MR) is 78.2 cm³/mol. The highest BCUT2D eigenvalue weighted by molar-refractivity contribution is 8.01. The van der Waals surface area contributed by atoms with Crippen molar-refractivity contribution >= 4 is 27.4 Å². The van der Waals surface area contributed by atoms with Crippen LogP contribution < -0.4 is 4.90 Å². The Morgan fingerprint density at radius 3 is 2.95 bits per heavy atom. The van der Waals surface area contributed by atoms with E-state index in [1.54, 1.807) is 41.9 Å². The molecule has 1 aliphatic rings. The van der Waals surface area contributed by atoms with Crippen LogP contribution in [0.5, 0.6) is 0 Å². The third-order valence-corrected chi connectivity index (χ3v) is 5.76.